The quantitative estimate of drug-likeness (QED) is 0.757. The third-order valence-electron chi connectivity index (χ3n) is 5.31. The molecule has 0 fully saturated rings. The molecule has 154 valence electrons. The molecule has 4 rings (SSSR count). The van der Waals surface area contributed by atoms with Gasteiger partial charge in [-0.15, -0.1) is 5.10 Å². The topological polar surface area (TPSA) is 92.5 Å². The van der Waals surface area contributed by atoms with Gasteiger partial charge in [0.05, 0.1) is 15.7 Å². The van der Waals surface area contributed by atoms with E-state index in [9.17, 15) is 13.2 Å². The molecule has 0 unspecified atom stereocenters. The summed E-state index contributed by atoms with van der Waals surface area (Å²) in [5, 5.41) is 13.7. The second-order valence-corrected chi connectivity index (χ2v) is 9.60. The Morgan fingerprint density at radius 2 is 1.79 bits per heavy atom. The van der Waals surface area contributed by atoms with Gasteiger partial charge in [-0.05, 0) is 44.2 Å². The van der Waals surface area contributed by atoms with Crippen molar-refractivity contribution in [3.63, 3.8) is 0 Å². The Kier molecular flexibility index (Phi) is 5.35. The molecule has 1 aromatic carbocycles. The Bertz CT molecular complexity index is 1100. The molecule has 0 amide bonds. The van der Waals surface area contributed by atoms with Crippen molar-refractivity contribution in [3.05, 3.63) is 51.2 Å². The van der Waals surface area contributed by atoms with Crippen molar-refractivity contribution in [2.24, 2.45) is 0 Å². The van der Waals surface area contributed by atoms with Gasteiger partial charge in [0.1, 0.15) is 4.90 Å². The molecule has 0 spiro atoms. The summed E-state index contributed by atoms with van der Waals surface area (Å²) in [7, 11) is -4.08. The van der Waals surface area contributed by atoms with Crippen LogP contribution in [0.3, 0.4) is 0 Å². The number of carboxylic acid groups (broad SMARTS) is 1. The van der Waals surface area contributed by atoms with Gasteiger partial charge < -0.3 is 10.0 Å². The van der Waals surface area contributed by atoms with Gasteiger partial charge in [0, 0.05) is 24.2 Å². The average molecular weight is 456 g/mol. The van der Waals surface area contributed by atoms with Crippen LogP contribution in [0.4, 0.5) is 5.82 Å². The molecule has 7 nitrogen and oxygen atoms in total. The molecule has 1 N–H and O–H groups in total. The maximum Gasteiger partial charge on any atom is 0.331 e. The summed E-state index contributed by atoms with van der Waals surface area (Å²) in [5.74, 6) is -0.333. The predicted molar refractivity (Wildman–Crippen MR) is 110 cm³/mol. The van der Waals surface area contributed by atoms with Crippen LogP contribution < -0.4 is 4.90 Å². The van der Waals surface area contributed by atoms with E-state index in [1.807, 2.05) is 4.90 Å². The van der Waals surface area contributed by atoms with Crippen LogP contribution in [0, 0.1) is 0 Å². The Balaban J connectivity index is 1.81. The van der Waals surface area contributed by atoms with E-state index in [4.69, 9.17) is 28.3 Å². The Hall–Kier alpha value is -2.03. The Morgan fingerprint density at radius 3 is 2.41 bits per heavy atom. The maximum absolute atomic E-state index is 13.4. The highest BCUT2D eigenvalue weighted by Gasteiger charge is 2.33. The number of rotatable bonds is 4. The number of anilines is 1. The molecule has 0 saturated heterocycles. The van der Waals surface area contributed by atoms with Crippen LogP contribution in [0.15, 0.2) is 34.7 Å². The third-order valence-corrected chi connectivity index (χ3v) is 7.88. The first-order chi connectivity index (χ1) is 13.8. The van der Waals surface area contributed by atoms with E-state index in [0.717, 1.165) is 28.9 Å². The van der Waals surface area contributed by atoms with Crippen LogP contribution in [0.1, 0.15) is 30.5 Å². The van der Waals surface area contributed by atoms with Gasteiger partial charge in [-0.3, -0.25) is 0 Å². The number of aromatic nitrogens is 2. The summed E-state index contributed by atoms with van der Waals surface area (Å²) in [6, 6.07) is 4.56. The van der Waals surface area contributed by atoms with Crippen molar-refractivity contribution in [2.45, 2.75) is 37.0 Å². The molecule has 1 aromatic heterocycles. The predicted octanol–water partition coefficient (Wildman–Crippen LogP) is 3.53. The summed E-state index contributed by atoms with van der Waals surface area (Å²) >= 11 is 12.3. The molecule has 29 heavy (non-hydrogen) atoms. The zero-order chi connectivity index (χ0) is 20.8. The van der Waals surface area contributed by atoms with E-state index < -0.39 is 16.0 Å². The summed E-state index contributed by atoms with van der Waals surface area (Å²) in [5.41, 5.74) is 1.91. The summed E-state index contributed by atoms with van der Waals surface area (Å²) in [6.07, 6.45) is 5.16. The van der Waals surface area contributed by atoms with E-state index in [1.165, 1.54) is 12.1 Å². The molecule has 1 aliphatic heterocycles. The first kappa shape index (κ1) is 20.3. The van der Waals surface area contributed by atoms with Crippen LogP contribution in [0.2, 0.25) is 10.0 Å². The molecule has 0 bridgehead atoms. The summed E-state index contributed by atoms with van der Waals surface area (Å²) in [4.78, 5) is 12.9. The lowest BCUT2D eigenvalue weighted by Gasteiger charge is -2.26. The molecule has 10 heteroatoms. The minimum Gasteiger partial charge on any atom is -0.478 e. The maximum atomic E-state index is 13.4. The van der Waals surface area contributed by atoms with E-state index >= 15 is 0 Å². The van der Waals surface area contributed by atoms with Crippen molar-refractivity contribution in [1.82, 2.24) is 9.19 Å². The van der Waals surface area contributed by atoms with Crippen LogP contribution in [-0.2, 0) is 27.7 Å². The monoisotopic (exact) mass is 455 g/mol. The van der Waals surface area contributed by atoms with Gasteiger partial charge in [0.15, 0.2) is 5.82 Å². The molecule has 0 saturated carbocycles. The van der Waals surface area contributed by atoms with Gasteiger partial charge in [0.25, 0.3) is 10.0 Å². The van der Waals surface area contributed by atoms with Crippen LogP contribution >= 0.6 is 23.2 Å². The van der Waals surface area contributed by atoms with Crippen LogP contribution in [0.5, 0.6) is 0 Å². The Labute approximate surface area is 178 Å². The molecule has 2 aliphatic rings. The molecule has 0 atom stereocenters. The van der Waals surface area contributed by atoms with Crippen molar-refractivity contribution in [1.29, 1.82) is 0 Å². The number of nitrogens with zero attached hydrogens (tertiary/aromatic N) is 3. The van der Waals surface area contributed by atoms with Gasteiger partial charge in [-0.25, -0.2) is 4.79 Å². The fraction of sp³-hybridized carbons (Fsp3) is 0.368. The second-order valence-electron chi connectivity index (χ2n) is 7.09. The average Bonchev–Trinajstić information content (AvgIpc) is 3.08. The van der Waals surface area contributed by atoms with Crippen molar-refractivity contribution in [3.8, 4) is 0 Å². The largest absolute Gasteiger partial charge is 0.478 e. The number of carboxylic acids is 1. The minimum absolute atomic E-state index is 0.0473. The van der Waals surface area contributed by atoms with Crippen molar-refractivity contribution >= 4 is 45.0 Å². The smallest absolute Gasteiger partial charge is 0.331 e. The van der Waals surface area contributed by atoms with Crippen LogP contribution in [0.25, 0.3) is 0 Å². The van der Waals surface area contributed by atoms with E-state index in [1.54, 1.807) is 12.1 Å². The standard InChI is InChI=1S/C19H19Cl2N3O4S/c20-14-5-3-6-15(21)17(14)29(27,28)24-16-7-2-1-4-13(16)18(22-24)23-10-8-12(9-11-23)19(25)26/h3,5-6,8H,1-2,4,7,9-11H2,(H,25,26). The molecule has 1 aliphatic carbocycles. The highest BCUT2D eigenvalue weighted by atomic mass is 35.5. The molecule has 2 aromatic rings. The third kappa shape index (κ3) is 3.53. The normalized spacial score (nSPS) is 17.0. The first-order valence-electron chi connectivity index (χ1n) is 9.28. The van der Waals surface area contributed by atoms with Gasteiger partial charge >= 0.3 is 5.97 Å². The molecule has 0 radical (unpaired) electrons. The number of aliphatic carboxylic acids is 1. The highest BCUT2D eigenvalue weighted by Crippen LogP contribution is 2.36. The summed E-state index contributed by atoms with van der Waals surface area (Å²) < 4.78 is 27.9. The number of fused-ring (bicyclic) bond motifs is 1. The molecular weight excluding hydrogens is 437 g/mol. The number of halogens is 2. The number of carbonyl (C=O) groups is 1. The number of hydrogen-bond acceptors (Lipinski definition) is 5. The zero-order valence-electron chi connectivity index (χ0n) is 15.4. The Morgan fingerprint density at radius 1 is 1.10 bits per heavy atom. The lowest BCUT2D eigenvalue weighted by atomic mass is 9.97. The minimum atomic E-state index is -4.08. The fourth-order valence-electron chi connectivity index (χ4n) is 3.87. The summed E-state index contributed by atoms with van der Waals surface area (Å²) in [6.45, 7) is 0.840. The van der Waals surface area contributed by atoms with Gasteiger partial charge in [-0.2, -0.15) is 12.5 Å². The first-order valence-corrected chi connectivity index (χ1v) is 11.5. The fourth-order valence-corrected chi connectivity index (χ4v) is 6.33. The van der Waals surface area contributed by atoms with Crippen LogP contribution in [-0.4, -0.2) is 41.8 Å². The number of benzene rings is 1. The highest BCUT2D eigenvalue weighted by molar-refractivity contribution is 7.90. The zero-order valence-corrected chi connectivity index (χ0v) is 17.8. The van der Waals surface area contributed by atoms with Crippen molar-refractivity contribution < 1.29 is 18.3 Å². The molecule has 2 heterocycles. The second kappa shape index (κ2) is 7.66. The SMILES string of the molecule is O=C(O)C1=CCN(c2nn(S(=O)(=O)c3c(Cl)cccc3Cl)c3c2CCCC3)CC1. The van der Waals surface area contributed by atoms with Gasteiger partial charge in [0.2, 0.25) is 0 Å². The number of hydrogen-bond donors (Lipinski definition) is 1. The van der Waals surface area contributed by atoms with E-state index in [0.29, 0.717) is 43.0 Å². The van der Waals surface area contributed by atoms with Gasteiger partial charge in [-0.1, -0.05) is 35.3 Å². The van der Waals surface area contributed by atoms with E-state index in [2.05, 4.69) is 5.10 Å². The lowest BCUT2D eigenvalue weighted by Crippen LogP contribution is -2.31. The molecular formula is C19H19Cl2N3O4S. The van der Waals surface area contributed by atoms with Crippen molar-refractivity contribution in [2.75, 3.05) is 18.0 Å². The van der Waals surface area contributed by atoms with E-state index in [-0.39, 0.29) is 14.9 Å². The lowest BCUT2D eigenvalue weighted by molar-refractivity contribution is -0.132.